The van der Waals surface area contributed by atoms with E-state index in [4.69, 9.17) is 16.3 Å². The molecule has 79 heavy (non-hydrogen) atoms. The summed E-state index contributed by atoms with van der Waals surface area (Å²) in [4.78, 5) is 0. The Hall–Kier alpha value is -5.81. The van der Waals surface area contributed by atoms with Gasteiger partial charge in [-0.1, -0.05) is 192 Å². The van der Waals surface area contributed by atoms with Gasteiger partial charge in [0.1, 0.15) is 17.4 Å². The van der Waals surface area contributed by atoms with Crippen LogP contribution in [0.1, 0.15) is 156 Å². The maximum atomic E-state index is 12.6. The van der Waals surface area contributed by atoms with Crippen LogP contribution in [0.3, 0.4) is 0 Å². The van der Waals surface area contributed by atoms with Crippen LogP contribution in [0.4, 0.5) is 8.78 Å². The molecule has 8 rings (SSSR count). The van der Waals surface area contributed by atoms with Crippen LogP contribution in [-0.4, -0.2) is 7.11 Å². The number of hydrogen-bond donors (Lipinski definition) is 0. The van der Waals surface area contributed by atoms with Gasteiger partial charge < -0.3 is 4.74 Å². The summed E-state index contributed by atoms with van der Waals surface area (Å²) in [6.07, 6.45) is 0. The zero-order valence-electron chi connectivity index (χ0n) is 50.9. The largest absolute Gasteiger partial charge is 0.497 e. The molecule has 430 valence electrons. The highest BCUT2D eigenvalue weighted by Crippen LogP contribution is 2.25. The van der Waals surface area contributed by atoms with E-state index >= 15 is 0 Å². The fraction of sp³-hybridized carbons (Fsp3) is 0.351. The lowest BCUT2D eigenvalue weighted by atomic mass is 9.84. The second kappa shape index (κ2) is 37.9. The van der Waals surface area contributed by atoms with Crippen molar-refractivity contribution in [1.29, 1.82) is 0 Å². The second-order valence-electron chi connectivity index (χ2n) is 21.3. The fourth-order valence-corrected chi connectivity index (χ4v) is 8.09. The highest BCUT2D eigenvalue weighted by molar-refractivity contribution is 9.10. The van der Waals surface area contributed by atoms with Crippen LogP contribution in [0, 0.1) is 122 Å². The van der Waals surface area contributed by atoms with Crippen molar-refractivity contribution in [3.05, 3.63) is 273 Å². The Kier molecular flexibility index (Phi) is 36.2. The summed E-state index contributed by atoms with van der Waals surface area (Å²) in [7, 11) is 1.68. The SMILES string of the molecule is C.C.COc1ccc(C)c(C)c1.Cc1ccc(Br)cc1C.Cc1ccc(C)c(C)c1.Cc1cccc(C(C)C)c1C.Cc1cccc(Cl)c1C.Cc1cccc(F)c1C.Cc1cccc(F)c1C.Cc1ccccc1C(C)(C)C. The van der Waals surface area contributed by atoms with Crippen LogP contribution < -0.4 is 4.74 Å². The number of ether oxygens (including phenoxy) is 1. The van der Waals surface area contributed by atoms with E-state index in [1.54, 1.807) is 33.1 Å². The molecule has 8 aromatic rings. The zero-order valence-corrected chi connectivity index (χ0v) is 53.3. The van der Waals surface area contributed by atoms with E-state index < -0.39 is 0 Å². The molecule has 0 atom stereocenters. The van der Waals surface area contributed by atoms with E-state index in [-0.39, 0.29) is 31.9 Å². The molecule has 0 unspecified atom stereocenters. The van der Waals surface area contributed by atoms with Crippen LogP contribution in [0.2, 0.25) is 5.02 Å². The topological polar surface area (TPSA) is 9.23 Å². The zero-order chi connectivity index (χ0) is 58.7. The smallest absolute Gasteiger partial charge is 0.126 e. The van der Waals surface area contributed by atoms with Gasteiger partial charge in [-0.05, 0) is 259 Å². The van der Waals surface area contributed by atoms with Crippen LogP contribution in [0.25, 0.3) is 0 Å². The standard InChI is InChI=1S/2C11H16.C9H12O.C9H12.C8H9Br.C8H9Cl.2C8H9F.2CH4/c1-9-7-5-6-8-10(9)11(2,3)4;1-8(2)11-7-5-6-9(3)10(11)4;1-7-4-5-9(10-3)6-8(7)2;1-7-4-5-8(2)9(3)6-7;1-6-3-4-8(9)5-7(6)2;3*1-6-4-3-5-8(9)7(6)2;;/h2*5-8H,1-4H3;4-6H,1-3H3;4-6H,1-3H3;4*3-5H,1-2H3;2*1H4. The molecule has 5 heteroatoms. The molecule has 0 bridgehead atoms. The summed E-state index contributed by atoms with van der Waals surface area (Å²) in [6, 6.07) is 50.1. The summed E-state index contributed by atoms with van der Waals surface area (Å²) in [5, 5.41) is 0.856. The molecule has 0 aromatic heterocycles. The van der Waals surface area contributed by atoms with E-state index in [1.807, 2.05) is 57.2 Å². The van der Waals surface area contributed by atoms with E-state index in [9.17, 15) is 8.78 Å². The second-order valence-corrected chi connectivity index (χ2v) is 22.6. The number of halogens is 4. The average Bonchev–Trinajstić information content (AvgIpc) is 3.37. The molecule has 0 fully saturated rings. The first kappa shape index (κ1) is 75.3. The molecule has 0 aliphatic rings. The number of aryl methyl sites for hydroxylation is 12. The van der Waals surface area contributed by atoms with Crippen molar-refractivity contribution in [2.75, 3.05) is 7.11 Å². The van der Waals surface area contributed by atoms with Gasteiger partial charge in [-0.15, -0.1) is 0 Å². The summed E-state index contributed by atoms with van der Waals surface area (Å²) in [5.74, 6) is 1.35. The summed E-state index contributed by atoms with van der Waals surface area (Å²) in [6.45, 7) is 44.0. The third-order valence-corrected chi connectivity index (χ3v) is 14.6. The van der Waals surface area contributed by atoms with E-state index in [1.165, 1.54) is 90.0 Å². The molecule has 0 spiro atoms. The highest BCUT2D eigenvalue weighted by atomic mass is 79.9. The molecular formula is C74H100BrClF2O. The predicted octanol–water partition coefficient (Wildman–Crippen LogP) is 23.8. The Balaban J connectivity index is 0. The molecule has 8 aromatic carbocycles. The van der Waals surface area contributed by atoms with E-state index in [0.717, 1.165) is 37.5 Å². The molecule has 0 saturated carbocycles. The first-order valence-electron chi connectivity index (χ1n) is 26.6. The Bertz CT molecular complexity index is 2800. The van der Waals surface area contributed by atoms with Crippen molar-refractivity contribution in [1.82, 2.24) is 0 Å². The summed E-state index contributed by atoms with van der Waals surface area (Å²) >= 11 is 9.21. The molecule has 0 heterocycles. The fourth-order valence-electron chi connectivity index (χ4n) is 7.40. The summed E-state index contributed by atoms with van der Waals surface area (Å²) < 4.78 is 31.4. The molecule has 0 aliphatic carbocycles. The van der Waals surface area contributed by atoms with Crippen molar-refractivity contribution < 1.29 is 13.5 Å². The van der Waals surface area contributed by atoms with Gasteiger partial charge in [-0.3, -0.25) is 0 Å². The Morgan fingerprint density at radius 1 is 0.405 bits per heavy atom. The van der Waals surface area contributed by atoms with Crippen molar-refractivity contribution in [3.8, 4) is 5.75 Å². The molecular weight excluding hydrogens is 1060 g/mol. The lowest BCUT2D eigenvalue weighted by molar-refractivity contribution is 0.414. The highest BCUT2D eigenvalue weighted by Gasteiger charge is 2.14. The Morgan fingerprint density at radius 3 is 1.13 bits per heavy atom. The van der Waals surface area contributed by atoms with Gasteiger partial charge in [-0.2, -0.15) is 0 Å². The molecule has 0 amide bonds. The van der Waals surface area contributed by atoms with Crippen LogP contribution in [0.5, 0.6) is 5.75 Å². The first-order chi connectivity index (χ1) is 35.9. The first-order valence-corrected chi connectivity index (χ1v) is 27.8. The predicted molar refractivity (Wildman–Crippen MR) is 353 cm³/mol. The number of rotatable bonds is 2. The third-order valence-electron chi connectivity index (χ3n) is 13.7. The molecule has 1 nitrogen and oxygen atoms in total. The van der Waals surface area contributed by atoms with E-state index in [2.05, 4.69) is 218 Å². The lowest BCUT2D eigenvalue weighted by Crippen LogP contribution is -2.12. The van der Waals surface area contributed by atoms with Crippen molar-refractivity contribution in [2.24, 2.45) is 0 Å². The van der Waals surface area contributed by atoms with Gasteiger partial charge in [0.05, 0.1) is 7.11 Å². The van der Waals surface area contributed by atoms with Crippen LogP contribution in [0.15, 0.2) is 156 Å². The molecule has 0 radical (unpaired) electrons. The molecule has 0 aliphatic heterocycles. The number of methoxy groups -OCH3 is 1. The lowest BCUT2D eigenvalue weighted by Gasteiger charge is -2.21. The van der Waals surface area contributed by atoms with Crippen LogP contribution >= 0.6 is 27.5 Å². The average molecular weight is 1160 g/mol. The third kappa shape index (κ3) is 28.3. The minimum absolute atomic E-state index is 0. The number of benzene rings is 8. The summed E-state index contributed by atoms with van der Waals surface area (Å²) in [5.41, 5.74) is 22.8. The molecule has 0 N–H and O–H groups in total. The maximum absolute atomic E-state index is 12.6. The van der Waals surface area contributed by atoms with E-state index in [0.29, 0.717) is 5.92 Å². The Morgan fingerprint density at radius 2 is 0.797 bits per heavy atom. The number of hydrogen-bond acceptors (Lipinski definition) is 1. The van der Waals surface area contributed by atoms with Crippen molar-refractivity contribution in [3.63, 3.8) is 0 Å². The monoisotopic (exact) mass is 1160 g/mol. The van der Waals surface area contributed by atoms with Gasteiger partial charge in [0, 0.05) is 9.50 Å². The molecule has 0 saturated heterocycles. The van der Waals surface area contributed by atoms with Gasteiger partial charge in [0.15, 0.2) is 0 Å². The van der Waals surface area contributed by atoms with Gasteiger partial charge in [-0.25, -0.2) is 8.78 Å². The van der Waals surface area contributed by atoms with Crippen LogP contribution in [-0.2, 0) is 5.41 Å². The van der Waals surface area contributed by atoms with Gasteiger partial charge >= 0.3 is 0 Å². The quantitative estimate of drug-likeness (QED) is 0.168. The minimum Gasteiger partial charge on any atom is -0.497 e. The maximum Gasteiger partial charge on any atom is 0.126 e. The van der Waals surface area contributed by atoms with Gasteiger partial charge in [0.2, 0.25) is 0 Å². The Labute approximate surface area is 495 Å². The van der Waals surface area contributed by atoms with Crippen molar-refractivity contribution >= 4 is 27.5 Å². The van der Waals surface area contributed by atoms with Gasteiger partial charge in [0.25, 0.3) is 0 Å². The minimum atomic E-state index is -0.116. The normalized spacial score (nSPS) is 9.81. The van der Waals surface area contributed by atoms with Crippen molar-refractivity contribution in [2.45, 2.75) is 172 Å².